The summed E-state index contributed by atoms with van der Waals surface area (Å²) in [5.74, 6) is -0.0190. The SMILES string of the molecule is Cc1ccc(S(=O)(=O)N2CCOC23CCN(C(=O)c2cccc(C)c2)CC3)cc1. The van der Waals surface area contributed by atoms with Crippen molar-refractivity contribution in [1.82, 2.24) is 9.21 Å². The van der Waals surface area contributed by atoms with E-state index >= 15 is 0 Å². The van der Waals surface area contributed by atoms with Crippen LogP contribution in [0.4, 0.5) is 0 Å². The van der Waals surface area contributed by atoms with Crippen LogP contribution in [0.2, 0.25) is 0 Å². The van der Waals surface area contributed by atoms with Crippen molar-refractivity contribution in [2.24, 2.45) is 0 Å². The van der Waals surface area contributed by atoms with Gasteiger partial charge in [0.15, 0.2) is 0 Å². The molecule has 2 aromatic carbocycles. The molecule has 2 aromatic rings. The lowest BCUT2D eigenvalue weighted by molar-refractivity contribution is -0.0857. The minimum absolute atomic E-state index is 0.0190. The van der Waals surface area contributed by atoms with Crippen molar-refractivity contribution in [1.29, 1.82) is 0 Å². The van der Waals surface area contributed by atoms with Crippen LogP contribution in [-0.2, 0) is 14.8 Å². The van der Waals surface area contributed by atoms with E-state index in [0.29, 0.717) is 44.6 Å². The molecule has 6 nitrogen and oxygen atoms in total. The minimum atomic E-state index is -3.65. The highest BCUT2D eigenvalue weighted by atomic mass is 32.2. The Hall–Kier alpha value is -2.22. The molecule has 1 spiro atoms. The molecule has 29 heavy (non-hydrogen) atoms. The van der Waals surface area contributed by atoms with Crippen LogP contribution in [0.3, 0.4) is 0 Å². The van der Waals surface area contributed by atoms with Crippen molar-refractivity contribution in [3.05, 3.63) is 65.2 Å². The Kier molecular flexibility index (Phi) is 5.23. The zero-order chi connectivity index (χ0) is 20.6. The average Bonchev–Trinajstić information content (AvgIpc) is 3.12. The highest BCUT2D eigenvalue weighted by Crippen LogP contribution is 2.38. The maximum absolute atomic E-state index is 13.3. The molecular weight excluding hydrogens is 388 g/mol. The van der Waals surface area contributed by atoms with Crippen LogP contribution < -0.4 is 0 Å². The Morgan fingerprint density at radius 2 is 1.66 bits per heavy atom. The molecule has 4 rings (SSSR count). The largest absolute Gasteiger partial charge is 0.358 e. The van der Waals surface area contributed by atoms with E-state index in [1.807, 2.05) is 38.1 Å². The second-order valence-corrected chi connectivity index (χ2v) is 9.71. The molecule has 2 heterocycles. The predicted octanol–water partition coefficient (Wildman–Crippen LogP) is 2.96. The number of hydrogen-bond donors (Lipinski definition) is 0. The zero-order valence-electron chi connectivity index (χ0n) is 16.8. The van der Waals surface area contributed by atoms with Crippen molar-refractivity contribution < 1.29 is 17.9 Å². The average molecular weight is 415 g/mol. The van der Waals surface area contributed by atoms with E-state index < -0.39 is 15.7 Å². The number of carbonyl (C=O) groups excluding carboxylic acids is 1. The molecule has 0 atom stereocenters. The van der Waals surface area contributed by atoms with Gasteiger partial charge in [0, 0.05) is 38.0 Å². The van der Waals surface area contributed by atoms with Crippen molar-refractivity contribution >= 4 is 15.9 Å². The Morgan fingerprint density at radius 3 is 2.31 bits per heavy atom. The summed E-state index contributed by atoms with van der Waals surface area (Å²) in [7, 11) is -3.65. The van der Waals surface area contributed by atoms with Gasteiger partial charge in [-0.1, -0.05) is 35.4 Å². The maximum atomic E-state index is 13.3. The number of nitrogens with zero attached hydrogens (tertiary/aromatic N) is 2. The third-order valence-corrected chi connectivity index (χ3v) is 7.79. The lowest BCUT2D eigenvalue weighted by atomic mass is 9.99. The summed E-state index contributed by atoms with van der Waals surface area (Å²) >= 11 is 0. The predicted molar refractivity (Wildman–Crippen MR) is 110 cm³/mol. The first-order chi connectivity index (χ1) is 13.8. The van der Waals surface area contributed by atoms with Crippen LogP contribution in [-0.4, -0.2) is 55.5 Å². The van der Waals surface area contributed by atoms with Crippen molar-refractivity contribution in [3.8, 4) is 0 Å². The molecule has 2 aliphatic heterocycles. The van der Waals surface area contributed by atoms with Gasteiger partial charge in [0.25, 0.3) is 5.91 Å². The fourth-order valence-electron chi connectivity index (χ4n) is 4.18. The van der Waals surface area contributed by atoms with Crippen molar-refractivity contribution in [3.63, 3.8) is 0 Å². The number of rotatable bonds is 3. The fraction of sp³-hybridized carbons (Fsp3) is 0.409. The van der Waals surface area contributed by atoms with E-state index in [-0.39, 0.29) is 10.8 Å². The summed E-state index contributed by atoms with van der Waals surface area (Å²) in [5.41, 5.74) is 1.85. The van der Waals surface area contributed by atoms with E-state index in [2.05, 4.69) is 0 Å². The van der Waals surface area contributed by atoms with Gasteiger partial charge in [-0.15, -0.1) is 0 Å². The topological polar surface area (TPSA) is 66.9 Å². The third kappa shape index (κ3) is 3.70. The van der Waals surface area contributed by atoms with E-state index in [1.54, 1.807) is 29.2 Å². The van der Waals surface area contributed by atoms with Gasteiger partial charge >= 0.3 is 0 Å². The fourth-order valence-corrected chi connectivity index (χ4v) is 5.91. The number of piperidine rings is 1. The summed E-state index contributed by atoms with van der Waals surface area (Å²) in [6, 6.07) is 14.4. The molecule has 0 N–H and O–H groups in total. The molecule has 2 aliphatic rings. The number of hydrogen-bond acceptors (Lipinski definition) is 4. The molecular formula is C22H26N2O4S. The van der Waals surface area contributed by atoms with Gasteiger partial charge in [-0.3, -0.25) is 4.79 Å². The van der Waals surface area contributed by atoms with Gasteiger partial charge in [0.2, 0.25) is 10.0 Å². The summed E-state index contributed by atoms with van der Waals surface area (Å²) in [6.07, 6.45) is 0.936. The molecule has 0 aromatic heterocycles. The van der Waals surface area contributed by atoms with Gasteiger partial charge in [0.05, 0.1) is 11.5 Å². The Balaban J connectivity index is 1.52. The summed E-state index contributed by atoms with van der Waals surface area (Å²) in [4.78, 5) is 14.9. The lowest BCUT2D eigenvalue weighted by Crippen LogP contribution is -2.55. The smallest absolute Gasteiger partial charge is 0.253 e. The van der Waals surface area contributed by atoms with Crippen LogP contribution >= 0.6 is 0 Å². The summed E-state index contributed by atoms with van der Waals surface area (Å²) < 4.78 is 34.0. The molecule has 0 saturated carbocycles. The number of carbonyl (C=O) groups is 1. The van der Waals surface area contributed by atoms with Gasteiger partial charge in [-0.2, -0.15) is 4.31 Å². The lowest BCUT2D eigenvalue weighted by Gasteiger charge is -2.42. The summed E-state index contributed by atoms with van der Waals surface area (Å²) in [6.45, 7) is 5.53. The summed E-state index contributed by atoms with van der Waals surface area (Å²) in [5, 5.41) is 0. The van der Waals surface area contributed by atoms with Gasteiger partial charge in [-0.25, -0.2) is 8.42 Å². The number of likely N-dealkylation sites (tertiary alicyclic amines) is 1. The second kappa shape index (κ2) is 7.55. The van der Waals surface area contributed by atoms with Gasteiger partial charge < -0.3 is 9.64 Å². The number of sulfonamides is 1. The Labute approximate surface area is 172 Å². The Bertz CT molecular complexity index is 1010. The van der Waals surface area contributed by atoms with Crippen LogP contribution in [0, 0.1) is 13.8 Å². The van der Waals surface area contributed by atoms with Crippen LogP contribution in [0.1, 0.15) is 34.3 Å². The second-order valence-electron chi connectivity index (χ2n) is 7.85. The van der Waals surface area contributed by atoms with Crippen molar-refractivity contribution in [2.75, 3.05) is 26.2 Å². The third-order valence-electron chi connectivity index (χ3n) is 5.83. The molecule has 2 saturated heterocycles. The molecule has 0 unspecified atom stereocenters. The molecule has 2 fully saturated rings. The van der Waals surface area contributed by atoms with Crippen LogP contribution in [0.5, 0.6) is 0 Å². The molecule has 1 amide bonds. The monoisotopic (exact) mass is 414 g/mol. The molecule has 0 aliphatic carbocycles. The minimum Gasteiger partial charge on any atom is -0.358 e. The normalized spacial score (nSPS) is 19.6. The number of amides is 1. The first-order valence-corrected chi connectivity index (χ1v) is 11.4. The molecule has 7 heteroatoms. The standard InChI is InChI=1S/C22H26N2O4S/c1-17-6-8-20(9-7-17)29(26,27)24-14-15-28-22(24)10-12-23(13-11-22)21(25)19-5-3-4-18(2)16-19/h3-9,16H,10-15H2,1-2H3. The van der Waals surface area contributed by atoms with E-state index in [0.717, 1.165) is 11.1 Å². The first kappa shape index (κ1) is 20.1. The molecule has 0 radical (unpaired) electrons. The zero-order valence-corrected chi connectivity index (χ0v) is 17.6. The number of ether oxygens (including phenoxy) is 1. The van der Waals surface area contributed by atoms with Gasteiger partial charge in [0.1, 0.15) is 5.72 Å². The van der Waals surface area contributed by atoms with E-state index in [1.165, 1.54) is 4.31 Å². The van der Waals surface area contributed by atoms with Gasteiger partial charge in [-0.05, 0) is 38.1 Å². The van der Waals surface area contributed by atoms with Crippen LogP contribution in [0.25, 0.3) is 0 Å². The van der Waals surface area contributed by atoms with Crippen molar-refractivity contribution in [2.45, 2.75) is 37.3 Å². The Morgan fingerprint density at radius 1 is 0.966 bits per heavy atom. The highest BCUT2D eigenvalue weighted by Gasteiger charge is 2.51. The maximum Gasteiger partial charge on any atom is 0.253 e. The molecule has 0 bridgehead atoms. The quantitative estimate of drug-likeness (QED) is 0.775. The van der Waals surface area contributed by atoms with Crippen LogP contribution in [0.15, 0.2) is 53.4 Å². The number of aryl methyl sites for hydroxylation is 2. The van der Waals surface area contributed by atoms with E-state index in [4.69, 9.17) is 4.74 Å². The molecule has 154 valence electrons. The number of benzene rings is 2. The first-order valence-electron chi connectivity index (χ1n) is 9.91. The highest BCUT2D eigenvalue weighted by molar-refractivity contribution is 7.89. The van der Waals surface area contributed by atoms with E-state index in [9.17, 15) is 13.2 Å².